The number of nitrogens with zero attached hydrogens (tertiary/aromatic N) is 3. The number of benzene rings is 2. The lowest BCUT2D eigenvalue weighted by molar-refractivity contribution is 0.102. The number of hydrogen-bond donors (Lipinski definition) is 1. The molecule has 0 unspecified atom stereocenters. The minimum atomic E-state index is -3.74. The Hall–Kier alpha value is -3.50. The lowest BCUT2D eigenvalue weighted by atomic mass is 10.2. The molecule has 0 bridgehead atoms. The minimum absolute atomic E-state index is 0.0614. The molecule has 174 valence electrons. The van der Waals surface area contributed by atoms with Gasteiger partial charge in [-0.1, -0.05) is 42.5 Å². The van der Waals surface area contributed by atoms with Crippen LogP contribution in [-0.2, 0) is 22.9 Å². The molecule has 10 heteroatoms. The molecule has 2 aromatic carbocycles. The first-order valence-electron chi connectivity index (χ1n) is 10.3. The Balaban J connectivity index is 1.79. The van der Waals surface area contributed by atoms with Crippen molar-refractivity contribution in [2.75, 3.05) is 16.5 Å². The van der Waals surface area contributed by atoms with Crippen LogP contribution >= 0.6 is 15.9 Å². The first-order chi connectivity index (χ1) is 16.3. The number of hydrogen-bond acceptors (Lipinski definition) is 7. The second kappa shape index (κ2) is 10.2. The summed E-state index contributed by atoms with van der Waals surface area (Å²) in [7, 11) is -3.74. The number of halogens is 1. The summed E-state index contributed by atoms with van der Waals surface area (Å²) in [5.41, 5.74) is 1.82. The molecule has 0 saturated carbocycles. The summed E-state index contributed by atoms with van der Waals surface area (Å²) in [5.74, 6) is 0.104. The van der Waals surface area contributed by atoms with E-state index in [-0.39, 0.29) is 5.69 Å². The largest absolute Gasteiger partial charge is 0.467 e. The molecule has 34 heavy (non-hydrogen) atoms. The summed E-state index contributed by atoms with van der Waals surface area (Å²) in [6.45, 7) is 0.733. The third-order valence-corrected chi connectivity index (χ3v) is 6.45. The van der Waals surface area contributed by atoms with Crippen molar-refractivity contribution in [2.45, 2.75) is 18.2 Å². The van der Waals surface area contributed by atoms with Crippen LogP contribution in [0.25, 0.3) is 0 Å². The van der Waals surface area contributed by atoms with Crippen molar-refractivity contribution >= 4 is 43.0 Å². The van der Waals surface area contributed by atoms with Crippen LogP contribution in [0.2, 0.25) is 0 Å². The Morgan fingerprint density at radius 2 is 1.76 bits per heavy atom. The SMILES string of the molecule is CS(=O)(=O)c1ncc(N(Cc2ccccc2)Cc2ccco2)c(C(=O)Nc2ccccc2Br)n1. The number of furan rings is 1. The second-order valence-corrected chi connectivity index (χ2v) is 10.3. The van der Waals surface area contributed by atoms with Crippen LogP contribution in [-0.4, -0.2) is 30.5 Å². The molecule has 0 fully saturated rings. The van der Waals surface area contributed by atoms with E-state index in [1.165, 1.54) is 6.20 Å². The molecule has 1 N–H and O–H groups in total. The van der Waals surface area contributed by atoms with Gasteiger partial charge in [-0.15, -0.1) is 0 Å². The van der Waals surface area contributed by atoms with Gasteiger partial charge in [0.2, 0.25) is 15.0 Å². The van der Waals surface area contributed by atoms with Gasteiger partial charge in [-0.2, -0.15) is 0 Å². The van der Waals surface area contributed by atoms with E-state index in [1.54, 1.807) is 30.5 Å². The quantitative estimate of drug-likeness (QED) is 0.323. The van der Waals surface area contributed by atoms with Gasteiger partial charge >= 0.3 is 0 Å². The van der Waals surface area contributed by atoms with Gasteiger partial charge in [0.15, 0.2) is 5.69 Å². The number of carbonyl (C=O) groups is 1. The first-order valence-corrected chi connectivity index (χ1v) is 12.9. The van der Waals surface area contributed by atoms with E-state index in [1.807, 2.05) is 47.4 Å². The monoisotopic (exact) mass is 540 g/mol. The topological polar surface area (TPSA) is 105 Å². The van der Waals surface area contributed by atoms with Crippen molar-refractivity contribution in [3.05, 3.63) is 101 Å². The van der Waals surface area contributed by atoms with Crippen molar-refractivity contribution < 1.29 is 17.6 Å². The lowest BCUT2D eigenvalue weighted by Crippen LogP contribution is -2.27. The van der Waals surface area contributed by atoms with Crippen molar-refractivity contribution in [1.82, 2.24) is 9.97 Å². The van der Waals surface area contributed by atoms with Crippen LogP contribution in [0, 0.1) is 0 Å². The van der Waals surface area contributed by atoms with Gasteiger partial charge in [0.1, 0.15) is 5.76 Å². The van der Waals surface area contributed by atoms with E-state index in [0.29, 0.717) is 34.7 Å². The fourth-order valence-electron chi connectivity index (χ4n) is 3.30. The molecule has 8 nitrogen and oxygen atoms in total. The molecule has 0 aliphatic rings. The summed E-state index contributed by atoms with van der Waals surface area (Å²) < 4.78 is 30.5. The summed E-state index contributed by atoms with van der Waals surface area (Å²) in [6.07, 6.45) is 3.94. The van der Waals surface area contributed by atoms with Crippen molar-refractivity contribution in [1.29, 1.82) is 0 Å². The van der Waals surface area contributed by atoms with E-state index >= 15 is 0 Å². The number of aromatic nitrogens is 2. The third kappa shape index (κ3) is 5.70. The lowest BCUT2D eigenvalue weighted by Gasteiger charge is -2.25. The Labute approximate surface area is 205 Å². The Kier molecular flexibility index (Phi) is 7.09. The van der Waals surface area contributed by atoms with Crippen LogP contribution in [0.3, 0.4) is 0 Å². The molecule has 0 radical (unpaired) electrons. The smallest absolute Gasteiger partial charge is 0.276 e. The summed E-state index contributed by atoms with van der Waals surface area (Å²) in [6, 6.07) is 20.4. The summed E-state index contributed by atoms with van der Waals surface area (Å²) in [4.78, 5) is 23.4. The van der Waals surface area contributed by atoms with Gasteiger partial charge in [-0.05, 0) is 45.8 Å². The number of anilines is 2. The van der Waals surface area contributed by atoms with E-state index in [0.717, 1.165) is 11.8 Å². The molecular weight excluding hydrogens is 520 g/mol. The fourth-order valence-corrected chi connectivity index (χ4v) is 4.19. The number of carbonyl (C=O) groups excluding carboxylic acids is 1. The maximum Gasteiger partial charge on any atom is 0.276 e. The average Bonchev–Trinajstić information content (AvgIpc) is 3.33. The van der Waals surface area contributed by atoms with Crippen LogP contribution in [0.5, 0.6) is 0 Å². The third-order valence-electron chi connectivity index (χ3n) is 4.90. The van der Waals surface area contributed by atoms with E-state index in [2.05, 4.69) is 31.2 Å². The Morgan fingerprint density at radius 1 is 1.03 bits per heavy atom. The maximum absolute atomic E-state index is 13.4. The molecule has 4 rings (SSSR count). The highest BCUT2D eigenvalue weighted by Gasteiger charge is 2.24. The molecule has 2 aromatic heterocycles. The number of nitrogens with one attached hydrogen (secondary N) is 1. The second-order valence-electron chi connectivity index (χ2n) is 7.51. The normalized spacial score (nSPS) is 11.2. The van der Waals surface area contributed by atoms with Gasteiger partial charge in [0, 0.05) is 17.3 Å². The molecule has 0 spiro atoms. The van der Waals surface area contributed by atoms with Crippen LogP contribution in [0.15, 0.2) is 93.2 Å². The van der Waals surface area contributed by atoms with Crippen molar-refractivity contribution in [2.24, 2.45) is 0 Å². The Bertz CT molecular complexity index is 1390. The summed E-state index contributed by atoms with van der Waals surface area (Å²) in [5, 5.41) is 2.38. The van der Waals surface area contributed by atoms with E-state index in [9.17, 15) is 13.2 Å². The Morgan fingerprint density at radius 3 is 2.44 bits per heavy atom. The van der Waals surface area contributed by atoms with Gasteiger partial charge in [0.25, 0.3) is 5.91 Å². The highest BCUT2D eigenvalue weighted by Crippen LogP contribution is 2.27. The molecule has 0 aliphatic heterocycles. The van der Waals surface area contributed by atoms with Crippen molar-refractivity contribution in [3.8, 4) is 0 Å². The average molecular weight is 541 g/mol. The number of rotatable bonds is 8. The van der Waals surface area contributed by atoms with Gasteiger partial charge in [-0.25, -0.2) is 18.4 Å². The predicted octanol–water partition coefficient (Wildman–Crippen LogP) is 4.69. The van der Waals surface area contributed by atoms with Crippen LogP contribution < -0.4 is 10.2 Å². The summed E-state index contributed by atoms with van der Waals surface area (Å²) >= 11 is 3.41. The van der Waals surface area contributed by atoms with E-state index < -0.39 is 20.9 Å². The van der Waals surface area contributed by atoms with Crippen LogP contribution in [0.1, 0.15) is 21.8 Å². The molecule has 0 atom stereocenters. The van der Waals surface area contributed by atoms with Gasteiger partial charge in [-0.3, -0.25) is 4.79 Å². The molecular formula is C24H21BrN4O4S. The number of para-hydroxylation sites is 1. The first kappa shape index (κ1) is 23.7. The highest BCUT2D eigenvalue weighted by molar-refractivity contribution is 9.10. The fraction of sp³-hybridized carbons (Fsp3) is 0.125. The van der Waals surface area contributed by atoms with Gasteiger partial charge in [0.05, 0.1) is 30.4 Å². The van der Waals surface area contributed by atoms with Crippen molar-refractivity contribution in [3.63, 3.8) is 0 Å². The predicted molar refractivity (Wildman–Crippen MR) is 132 cm³/mol. The minimum Gasteiger partial charge on any atom is -0.467 e. The standard InChI is InChI=1S/C24H21BrN4O4S/c1-34(31,32)24-26-14-21(22(28-24)23(30)27-20-12-6-5-11-19(20)25)29(16-18-10-7-13-33-18)15-17-8-3-2-4-9-17/h2-14H,15-16H2,1H3,(H,27,30). The zero-order valence-electron chi connectivity index (χ0n) is 18.2. The van der Waals surface area contributed by atoms with E-state index in [4.69, 9.17) is 4.42 Å². The van der Waals surface area contributed by atoms with Gasteiger partial charge < -0.3 is 14.6 Å². The molecule has 0 saturated heterocycles. The van der Waals surface area contributed by atoms with Crippen LogP contribution in [0.4, 0.5) is 11.4 Å². The molecule has 2 heterocycles. The highest BCUT2D eigenvalue weighted by atomic mass is 79.9. The number of sulfone groups is 1. The zero-order chi connectivity index (χ0) is 24.1. The number of amides is 1. The maximum atomic E-state index is 13.4. The molecule has 0 aliphatic carbocycles. The molecule has 4 aromatic rings. The molecule has 1 amide bonds. The zero-order valence-corrected chi connectivity index (χ0v) is 20.6.